The Bertz CT molecular complexity index is 801. The summed E-state index contributed by atoms with van der Waals surface area (Å²) in [4.78, 5) is 27.7. The smallest absolute Gasteiger partial charge is 0.317 e. The van der Waals surface area contributed by atoms with Gasteiger partial charge in [-0.05, 0) is 25.1 Å². The lowest BCUT2D eigenvalue weighted by Crippen LogP contribution is -2.51. The molecule has 0 bridgehead atoms. The minimum Gasteiger partial charge on any atom is -0.368 e. The van der Waals surface area contributed by atoms with Crippen LogP contribution in [0.15, 0.2) is 48.5 Å². The fourth-order valence-corrected chi connectivity index (χ4v) is 3.01. The summed E-state index contributed by atoms with van der Waals surface area (Å²) in [5.74, 6) is -0.277. The number of piperazine rings is 1. The van der Waals surface area contributed by atoms with E-state index in [1.807, 2.05) is 18.2 Å². The van der Waals surface area contributed by atoms with Crippen molar-refractivity contribution >= 4 is 17.5 Å². The molecular weight excluding hydrogens is 333 g/mol. The first-order valence-corrected chi connectivity index (χ1v) is 8.67. The Morgan fingerprint density at radius 1 is 1.04 bits per heavy atom. The van der Waals surface area contributed by atoms with Gasteiger partial charge in [-0.1, -0.05) is 30.3 Å². The first-order chi connectivity index (χ1) is 12.5. The molecule has 3 rings (SSSR count). The normalized spacial score (nSPS) is 14.2. The summed E-state index contributed by atoms with van der Waals surface area (Å²) in [6, 6.07) is 13.8. The van der Waals surface area contributed by atoms with Crippen LogP contribution in [0.3, 0.4) is 0 Å². The second-order valence-corrected chi connectivity index (χ2v) is 6.33. The summed E-state index contributed by atoms with van der Waals surface area (Å²) >= 11 is 0. The summed E-state index contributed by atoms with van der Waals surface area (Å²) in [6.45, 7) is 4.26. The number of anilines is 1. The second kappa shape index (κ2) is 7.99. The van der Waals surface area contributed by atoms with Crippen LogP contribution in [0.5, 0.6) is 0 Å². The number of hydrogen-bond acceptors (Lipinski definition) is 3. The summed E-state index contributed by atoms with van der Waals surface area (Å²) in [6.07, 6.45) is 0. The van der Waals surface area contributed by atoms with E-state index < -0.39 is 0 Å². The average Bonchev–Trinajstić information content (AvgIpc) is 2.67. The molecule has 6 heteroatoms. The number of urea groups is 1. The molecule has 0 aliphatic carbocycles. The molecule has 0 saturated carbocycles. The van der Waals surface area contributed by atoms with Gasteiger partial charge < -0.3 is 15.1 Å². The lowest BCUT2D eigenvalue weighted by atomic mass is 10.1. The lowest BCUT2D eigenvalue weighted by molar-refractivity contribution is 0.101. The van der Waals surface area contributed by atoms with E-state index >= 15 is 0 Å². The minimum atomic E-state index is -0.317. The Morgan fingerprint density at radius 2 is 1.77 bits per heavy atom. The van der Waals surface area contributed by atoms with Crippen LogP contribution in [0.4, 0.5) is 14.9 Å². The Balaban J connectivity index is 1.53. The van der Waals surface area contributed by atoms with Crippen molar-refractivity contribution in [3.8, 4) is 0 Å². The monoisotopic (exact) mass is 355 g/mol. The first kappa shape index (κ1) is 17.9. The van der Waals surface area contributed by atoms with Crippen LogP contribution in [0.25, 0.3) is 0 Å². The Hall–Kier alpha value is -2.89. The molecule has 1 N–H and O–H groups in total. The summed E-state index contributed by atoms with van der Waals surface area (Å²) in [7, 11) is 0. The molecule has 1 aliphatic rings. The molecule has 1 aliphatic heterocycles. The zero-order valence-corrected chi connectivity index (χ0v) is 14.7. The van der Waals surface area contributed by atoms with Gasteiger partial charge in [0.25, 0.3) is 0 Å². The number of nitrogens with zero attached hydrogens (tertiary/aromatic N) is 2. The number of ketones is 1. The molecular formula is C20H22FN3O2. The predicted octanol–water partition coefficient (Wildman–Crippen LogP) is 3.06. The third-order valence-corrected chi connectivity index (χ3v) is 4.57. The van der Waals surface area contributed by atoms with Crippen LogP contribution >= 0.6 is 0 Å². The average molecular weight is 355 g/mol. The number of carbonyl (C=O) groups excluding carboxylic acids is 2. The van der Waals surface area contributed by atoms with Crippen molar-refractivity contribution in [2.24, 2.45) is 0 Å². The number of halogens is 1. The highest BCUT2D eigenvalue weighted by atomic mass is 19.1. The van der Waals surface area contributed by atoms with E-state index in [1.54, 1.807) is 36.1 Å². The largest absolute Gasteiger partial charge is 0.368 e. The number of carbonyl (C=O) groups is 2. The number of amides is 2. The quantitative estimate of drug-likeness (QED) is 0.858. The Labute approximate surface area is 152 Å². The highest BCUT2D eigenvalue weighted by Crippen LogP contribution is 2.18. The van der Waals surface area contributed by atoms with E-state index in [1.165, 1.54) is 6.07 Å². The molecule has 2 aromatic rings. The first-order valence-electron chi connectivity index (χ1n) is 8.67. The maximum absolute atomic E-state index is 13.6. The van der Waals surface area contributed by atoms with E-state index in [0.29, 0.717) is 37.3 Å². The third kappa shape index (κ3) is 4.20. The van der Waals surface area contributed by atoms with Gasteiger partial charge in [-0.15, -0.1) is 0 Å². The standard InChI is InChI=1S/C20H22FN3O2/c1-15(25)16-6-4-7-18(13-16)23-9-11-24(12-10-23)20(26)22-14-17-5-2-3-8-19(17)21/h2-8,13H,9-12,14H2,1H3,(H,22,26). The molecule has 1 fully saturated rings. The van der Waals surface area contributed by atoms with E-state index in [-0.39, 0.29) is 24.2 Å². The second-order valence-electron chi connectivity index (χ2n) is 6.33. The molecule has 0 radical (unpaired) electrons. The third-order valence-electron chi connectivity index (χ3n) is 4.57. The molecule has 0 aromatic heterocycles. The van der Waals surface area contributed by atoms with Gasteiger partial charge in [-0.3, -0.25) is 4.79 Å². The molecule has 0 spiro atoms. The van der Waals surface area contributed by atoms with Gasteiger partial charge in [0.2, 0.25) is 0 Å². The highest BCUT2D eigenvalue weighted by Gasteiger charge is 2.21. The van der Waals surface area contributed by atoms with Gasteiger partial charge in [-0.2, -0.15) is 0 Å². The molecule has 1 heterocycles. The summed E-state index contributed by atoms with van der Waals surface area (Å²) in [5, 5.41) is 2.77. The number of Topliss-reactive ketones (excluding diaryl/α,β-unsaturated/α-hetero) is 1. The van der Waals surface area contributed by atoms with Crippen LogP contribution in [-0.2, 0) is 6.54 Å². The minimum absolute atomic E-state index is 0.0398. The summed E-state index contributed by atoms with van der Waals surface area (Å²) < 4.78 is 13.6. The number of nitrogens with one attached hydrogen (secondary N) is 1. The zero-order valence-electron chi connectivity index (χ0n) is 14.7. The molecule has 136 valence electrons. The highest BCUT2D eigenvalue weighted by molar-refractivity contribution is 5.95. The van der Waals surface area contributed by atoms with Crippen molar-refractivity contribution < 1.29 is 14.0 Å². The van der Waals surface area contributed by atoms with Crippen molar-refractivity contribution in [2.75, 3.05) is 31.1 Å². The van der Waals surface area contributed by atoms with Crippen LogP contribution in [0, 0.1) is 5.82 Å². The zero-order chi connectivity index (χ0) is 18.5. The molecule has 5 nitrogen and oxygen atoms in total. The maximum Gasteiger partial charge on any atom is 0.317 e. The van der Waals surface area contributed by atoms with E-state index in [4.69, 9.17) is 0 Å². The lowest BCUT2D eigenvalue weighted by Gasteiger charge is -2.36. The molecule has 2 amide bonds. The topological polar surface area (TPSA) is 52.7 Å². The Kier molecular flexibility index (Phi) is 5.51. The summed E-state index contributed by atoms with van der Waals surface area (Å²) in [5.41, 5.74) is 2.15. The molecule has 2 aromatic carbocycles. The van der Waals surface area contributed by atoms with Crippen LogP contribution in [0.1, 0.15) is 22.8 Å². The van der Waals surface area contributed by atoms with E-state index in [0.717, 1.165) is 5.69 Å². The maximum atomic E-state index is 13.6. The fraction of sp³-hybridized carbons (Fsp3) is 0.300. The van der Waals surface area contributed by atoms with Crippen LogP contribution < -0.4 is 10.2 Å². The molecule has 1 saturated heterocycles. The SMILES string of the molecule is CC(=O)c1cccc(N2CCN(C(=O)NCc3ccccc3F)CC2)c1. The van der Waals surface area contributed by atoms with Gasteiger partial charge in [0.05, 0.1) is 0 Å². The molecule has 0 atom stereocenters. The number of benzene rings is 2. The van der Waals surface area contributed by atoms with Crippen molar-refractivity contribution in [1.29, 1.82) is 0 Å². The van der Waals surface area contributed by atoms with Gasteiger partial charge in [0.1, 0.15) is 5.82 Å². The van der Waals surface area contributed by atoms with Gasteiger partial charge in [0, 0.05) is 49.5 Å². The van der Waals surface area contributed by atoms with Crippen LogP contribution in [0.2, 0.25) is 0 Å². The number of hydrogen-bond donors (Lipinski definition) is 1. The fourth-order valence-electron chi connectivity index (χ4n) is 3.01. The van der Waals surface area contributed by atoms with Gasteiger partial charge >= 0.3 is 6.03 Å². The van der Waals surface area contributed by atoms with Crippen molar-refractivity contribution in [2.45, 2.75) is 13.5 Å². The predicted molar refractivity (Wildman–Crippen MR) is 98.9 cm³/mol. The van der Waals surface area contributed by atoms with E-state index in [9.17, 15) is 14.0 Å². The molecule has 26 heavy (non-hydrogen) atoms. The van der Waals surface area contributed by atoms with Crippen molar-refractivity contribution in [1.82, 2.24) is 10.2 Å². The number of rotatable bonds is 4. The molecule has 0 unspecified atom stereocenters. The van der Waals surface area contributed by atoms with E-state index in [2.05, 4.69) is 10.2 Å². The van der Waals surface area contributed by atoms with Gasteiger partial charge in [0.15, 0.2) is 5.78 Å². The van der Waals surface area contributed by atoms with Crippen molar-refractivity contribution in [3.05, 3.63) is 65.5 Å². The Morgan fingerprint density at radius 3 is 2.46 bits per heavy atom. The van der Waals surface area contributed by atoms with Crippen molar-refractivity contribution in [3.63, 3.8) is 0 Å². The van der Waals surface area contributed by atoms with Crippen LogP contribution in [-0.4, -0.2) is 42.9 Å². The van der Waals surface area contributed by atoms with Gasteiger partial charge in [-0.25, -0.2) is 9.18 Å².